The van der Waals surface area contributed by atoms with E-state index in [1.807, 2.05) is 31.2 Å². The van der Waals surface area contributed by atoms with Crippen LogP contribution in [-0.2, 0) is 6.42 Å². The maximum Gasteiger partial charge on any atom is 0.257 e. The summed E-state index contributed by atoms with van der Waals surface area (Å²) in [7, 11) is 0. The molecular formula is C21H24N2O3. The van der Waals surface area contributed by atoms with Crippen LogP contribution in [0, 0.1) is 6.92 Å². The monoisotopic (exact) mass is 352 g/mol. The molecule has 0 aromatic heterocycles. The second kappa shape index (κ2) is 7.60. The standard InChI is InChI=1S/C21H24N2O3/c1-3-16-5-7-17(8-6-16)20(25)22-10-12-23(13-11-22)21(26)18-14-15(2)4-9-19(18)24/h4-9,14,24H,3,10-13H2,1-2H3. The number of carbonyl (C=O) groups excluding carboxylic acids is 2. The van der Waals surface area contributed by atoms with Gasteiger partial charge in [0.25, 0.3) is 11.8 Å². The summed E-state index contributed by atoms with van der Waals surface area (Å²) in [6.07, 6.45) is 0.945. The molecule has 3 rings (SSSR count). The normalized spacial score (nSPS) is 14.4. The van der Waals surface area contributed by atoms with Gasteiger partial charge in [0.2, 0.25) is 0 Å². The van der Waals surface area contributed by atoms with Gasteiger partial charge in [0.15, 0.2) is 0 Å². The number of aromatic hydroxyl groups is 1. The van der Waals surface area contributed by atoms with E-state index in [0.29, 0.717) is 37.3 Å². The highest BCUT2D eigenvalue weighted by molar-refractivity contribution is 5.97. The van der Waals surface area contributed by atoms with Crippen LogP contribution in [-0.4, -0.2) is 52.9 Å². The predicted octanol–water partition coefficient (Wildman–Crippen LogP) is 2.86. The third kappa shape index (κ3) is 3.72. The van der Waals surface area contributed by atoms with Gasteiger partial charge in [-0.05, 0) is 43.2 Å². The number of aryl methyl sites for hydroxylation is 2. The summed E-state index contributed by atoms with van der Waals surface area (Å²) < 4.78 is 0. The Labute approximate surface area is 153 Å². The number of benzene rings is 2. The first-order valence-electron chi connectivity index (χ1n) is 8.96. The topological polar surface area (TPSA) is 60.9 Å². The molecule has 1 aliphatic rings. The van der Waals surface area contributed by atoms with E-state index in [-0.39, 0.29) is 17.6 Å². The zero-order chi connectivity index (χ0) is 18.7. The Morgan fingerprint density at radius 2 is 1.50 bits per heavy atom. The molecule has 5 heteroatoms. The molecule has 136 valence electrons. The Balaban J connectivity index is 1.64. The zero-order valence-electron chi connectivity index (χ0n) is 15.2. The molecule has 1 aliphatic heterocycles. The van der Waals surface area contributed by atoms with E-state index in [1.54, 1.807) is 28.0 Å². The Kier molecular flexibility index (Phi) is 5.26. The van der Waals surface area contributed by atoms with E-state index in [2.05, 4.69) is 6.92 Å². The fraction of sp³-hybridized carbons (Fsp3) is 0.333. The molecule has 2 aromatic rings. The lowest BCUT2D eigenvalue weighted by atomic mass is 10.1. The summed E-state index contributed by atoms with van der Waals surface area (Å²) >= 11 is 0. The maximum atomic E-state index is 12.7. The highest BCUT2D eigenvalue weighted by Crippen LogP contribution is 2.21. The number of phenolic OH excluding ortho intramolecular Hbond substituents is 1. The van der Waals surface area contributed by atoms with Crippen LogP contribution < -0.4 is 0 Å². The predicted molar refractivity (Wildman–Crippen MR) is 100 cm³/mol. The molecule has 5 nitrogen and oxygen atoms in total. The Morgan fingerprint density at radius 3 is 2.08 bits per heavy atom. The molecule has 0 unspecified atom stereocenters. The highest BCUT2D eigenvalue weighted by atomic mass is 16.3. The first-order valence-corrected chi connectivity index (χ1v) is 8.96. The lowest BCUT2D eigenvalue weighted by Crippen LogP contribution is -2.50. The van der Waals surface area contributed by atoms with E-state index >= 15 is 0 Å². The van der Waals surface area contributed by atoms with Crippen molar-refractivity contribution in [2.45, 2.75) is 20.3 Å². The Hall–Kier alpha value is -2.82. The van der Waals surface area contributed by atoms with Crippen LogP contribution in [0.1, 0.15) is 38.8 Å². The second-order valence-electron chi connectivity index (χ2n) is 6.66. The van der Waals surface area contributed by atoms with Crippen molar-refractivity contribution in [3.05, 3.63) is 64.7 Å². The van der Waals surface area contributed by atoms with Gasteiger partial charge in [0, 0.05) is 31.7 Å². The molecule has 2 amide bonds. The molecule has 0 bridgehead atoms. The van der Waals surface area contributed by atoms with Gasteiger partial charge in [-0.25, -0.2) is 0 Å². The first-order chi connectivity index (χ1) is 12.5. The van der Waals surface area contributed by atoms with Crippen molar-refractivity contribution in [3.63, 3.8) is 0 Å². The summed E-state index contributed by atoms with van der Waals surface area (Å²) in [6.45, 7) is 5.88. The largest absolute Gasteiger partial charge is 0.507 e. The summed E-state index contributed by atoms with van der Waals surface area (Å²) in [5.74, 6) is -0.195. The molecule has 2 aromatic carbocycles. The van der Waals surface area contributed by atoms with Crippen molar-refractivity contribution in [1.29, 1.82) is 0 Å². The molecule has 1 N–H and O–H groups in total. The Bertz CT molecular complexity index is 807. The van der Waals surface area contributed by atoms with Crippen molar-refractivity contribution in [2.24, 2.45) is 0 Å². The van der Waals surface area contributed by atoms with Crippen LogP contribution in [0.4, 0.5) is 0 Å². The van der Waals surface area contributed by atoms with Crippen molar-refractivity contribution >= 4 is 11.8 Å². The SMILES string of the molecule is CCc1ccc(C(=O)N2CCN(C(=O)c3cc(C)ccc3O)CC2)cc1. The highest BCUT2D eigenvalue weighted by Gasteiger charge is 2.26. The van der Waals surface area contributed by atoms with Crippen LogP contribution in [0.3, 0.4) is 0 Å². The Morgan fingerprint density at radius 1 is 0.923 bits per heavy atom. The van der Waals surface area contributed by atoms with Gasteiger partial charge < -0.3 is 14.9 Å². The number of hydrogen-bond acceptors (Lipinski definition) is 3. The van der Waals surface area contributed by atoms with Crippen molar-refractivity contribution < 1.29 is 14.7 Å². The van der Waals surface area contributed by atoms with Crippen LogP contribution in [0.15, 0.2) is 42.5 Å². The van der Waals surface area contributed by atoms with Crippen molar-refractivity contribution in [3.8, 4) is 5.75 Å². The first kappa shape index (κ1) is 18.0. The van der Waals surface area contributed by atoms with E-state index in [0.717, 1.165) is 12.0 Å². The van der Waals surface area contributed by atoms with Gasteiger partial charge in [-0.3, -0.25) is 9.59 Å². The minimum absolute atomic E-state index is 0.00171. The third-order valence-electron chi connectivity index (χ3n) is 4.85. The third-order valence-corrected chi connectivity index (χ3v) is 4.85. The summed E-state index contributed by atoms with van der Waals surface area (Å²) in [5, 5.41) is 9.96. The quantitative estimate of drug-likeness (QED) is 0.924. The molecule has 0 atom stereocenters. The molecule has 0 radical (unpaired) electrons. The number of nitrogens with zero attached hydrogens (tertiary/aromatic N) is 2. The van der Waals surface area contributed by atoms with Crippen LogP contribution >= 0.6 is 0 Å². The van der Waals surface area contributed by atoms with Gasteiger partial charge in [-0.1, -0.05) is 30.7 Å². The van der Waals surface area contributed by atoms with Crippen LogP contribution in [0.2, 0.25) is 0 Å². The van der Waals surface area contributed by atoms with Gasteiger partial charge in [-0.15, -0.1) is 0 Å². The van der Waals surface area contributed by atoms with Crippen LogP contribution in [0.5, 0.6) is 5.75 Å². The second-order valence-corrected chi connectivity index (χ2v) is 6.66. The van der Waals surface area contributed by atoms with E-state index in [4.69, 9.17) is 0 Å². The molecule has 0 saturated carbocycles. The molecule has 1 saturated heterocycles. The number of rotatable bonds is 3. The van der Waals surface area contributed by atoms with Crippen LogP contribution in [0.25, 0.3) is 0 Å². The van der Waals surface area contributed by atoms with Gasteiger partial charge in [-0.2, -0.15) is 0 Å². The lowest BCUT2D eigenvalue weighted by Gasteiger charge is -2.35. The maximum absolute atomic E-state index is 12.7. The average Bonchev–Trinajstić information content (AvgIpc) is 2.69. The fourth-order valence-electron chi connectivity index (χ4n) is 3.17. The number of piperazine rings is 1. The molecule has 1 fully saturated rings. The summed E-state index contributed by atoms with van der Waals surface area (Å²) in [4.78, 5) is 28.8. The molecule has 1 heterocycles. The van der Waals surface area contributed by atoms with Crippen molar-refractivity contribution in [1.82, 2.24) is 9.80 Å². The smallest absolute Gasteiger partial charge is 0.257 e. The van der Waals surface area contributed by atoms with E-state index in [9.17, 15) is 14.7 Å². The average molecular weight is 352 g/mol. The number of hydrogen-bond donors (Lipinski definition) is 1. The minimum atomic E-state index is -0.189. The summed E-state index contributed by atoms with van der Waals surface area (Å²) in [5.41, 5.74) is 3.13. The van der Waals surface area contributed by atoms with Gasteiger partial charge >= 0.3 is 0 Å². The number of amides is 2. The van der Waals surface area contributed by atoms with E-state index in [1.165, 1.54) is 5.56 Å². The molecule has 0 spiro atoms. The zero-order valence-corrected chi connectivity index (χ0v) is 15.2. The van der Waals surface area contributed by atoms with Gasteiger partial charge in [0.05, 0.1) is 5.56 Å². The summed E-state index contributed by atoms with van der Waals surface area (Å²) in [6, 6.07) is 12.7. The van der Waals surface area contributed by atoms with E-state index < -0.39 is 0 Å². The molecular weight excluding hydrogens is 328 g/mol. The number of phenols is 1. The minimum Gasteiger partial charge on any atom is -0.507 e. The molecule has 26 heavy (non-hydrogen) atoms. The fourth-order valence-corrected chi connectivity index (χ4v) is 3.17. The van der Waals surface area contributed by atoms with Crippen molar-refractivity contribution in [2.75, 3.05) is 26.2 Å². The molecule has 0 aliphatic carbocycles. The number of carbonyl (C=O) groups is 2. The lowest BCUT2D eigenvalue weighted by molar-refractivity contribution is 0.0533. The van der Waals surface area contributed by atoms with Gasteiger partial charge in [0.1, 0.15) is 5.75 Å².